The van der Waals surface area contributed by atoms with Gasteiger partial charge in [-0.1, -0.05) is 12.1 Å². The number of halogens is 4. The number of rotatable bonds is 4. The lowest BCUT2D eigenvalue weighted by Crippen LogP contribution is -2.11. The molecule has 0 saturated heterocycles. The smallest absolute Gasteiger partial charge is 0.416 e. The van der Waals surface area contributed by atoms with Crippen molar-refractivity contribution in [1.82, 2.24) is 14.8 Å². The number of carbonyl (C=O) groups is 1. The zero-order valence-corrected chi connectivity index (χ0v) is 15.0. The number of furan rings is 1. The van der Waals surface area contributed by atoms with Crippen LogP contribution in [0.25, 0.3) is 17.0 Å². The van der Waals surface area contributed by atoms with Crippen LogP contribution in [0, 0.1) is 5.82 Å². The predicted octanol–water partition coefficient (Wildman–Crippen LogP) is 4.94. The second-order valence-electron chi connectivity index (χ2n) is 6.20. The van der Waals surface area contributed by atoms with E-state index >= 15 is 0 Å². The summed E-state index contributed by atoms with van der Waals surface area (Å²) in [4.78, 5) is 16.1. The van der Waals surface area contributed by atoms with Crippen molar-refractivity contribution in [2.75, 3.05) is 5.32 Å². The van der Waals surface area contributed by atoms with Gasteiger partial charge in [0.15, 0.2) is 11.6 Å². The molecule has 1 amide bonds. The predicted molar refractivity (Wildman–Crippen MR) is 98.4 cm³/mol. The molecule has 0 aliphatic carbocycles. The molecule has 4 rings (SSSR count). The van der Waals surface area contributed by atoms with E-state index in [-0.39, 0.29) is 28.5 Å². The molecule has 1 N–H and O–H groups in total. The van der Waals surface area contributed by atoms with Gasteiger partial charge in [0.25, 0.3) is 5.91 Å². The number of aromatic nitrogens is 3. The van der Waals surface area contributed by atoms with Crippen LogP contribution in [0.3, 0.4) is 0 Å². The van der Waals surface area contributed by atoms with Crippen LogP contribution in [0.5, 0.6) is 0 Å². The molecule has 152 valence electrons. The molecule has 10 heteroatoms. The van der Waals surface area contributed by atoms with Crippen molar-refractivity contribution in [2.24, 2.45) is 0 Å². The number of amides is 1. The third-order valence-electron chi connectivity index (χ3n) is 4.18. The lowest BCUT2D eigenvalue weighted by atomic mass is 10.1. The van der Waals surface area contributed by atoms with Crippen molar-refractivity contribution in [3.05, 3.63) is 84.4 Å². The maximum absolute atomic E-state index is 14.3. The first-order valence-electron chi connectivity index (χ1n) is 8.54. The number of alkyl halides is 3. The van der Waals surface area contributed by atoms with Crippen molar-refractivity contribution in [2.45, 2.75) is 6.18 Å². The van der Waals surface area contributed by atoms with E-state index in [1.807, 2.05) is 0 Å². The summed E-state index contributed by atoms with van der Waals surface area (Å²) in [5.41, 5.74) is -0.342. The van der Waals surface area contributed by atoms with Gasteiger partial charge in [0.2, 0.25) is 0 Å². The Kier molecular flexibility index (Phi) is 4.82. The highest BCUT2D eigenvalue weighted by Gasteiger charge is 2.30. The monoisotopic (exact) mass is 416 g/mol. The molecule has 0 aliphatic rings. The number of carbonyl (C=O) groups excluding carboxylic acids is 1. The average molecular weight is 416 g/mol. The molecule has 2 heterocycles. The number of hydrogen-bond donors (Lipinski definition) is 1. The van der Waals surface area contributed by atoms with Crippen LogP contribution in [0.2, 0.25) is 0 Å². The summed E-state index contributed by atoms with van der Waals surface area (Å²) in [5, 5.41) is 6.31. The molecular formula is C20H12F4N4O2. The van der Waals surface area contributed by atoms with Crippen molar-refractivity contribution < 1.29 is 26.8 Å². The fourth-order valence-electron chi connectivity index (χ4n) is 2.76. The number of benzene rings is 2. The van der Waals surface area contributed by atoms with Crippen LogP contribution < -0.4 is 5.32 Å². The van der Waals surface area contributed by atoms with Crippen LogP contribution >= 0.6 is 0 Å². The molecular weight excluding hydrogens is 404 g/mol. The van der Waals surface area contributed by atoms with Gasteiger partial charge in [0.05, 0.1) is 5.56 Å². The molecule has 0 unspecified atom stereocenters. The molecule has 2 aromatic heterocycles. The number of anilines is 1. The first-order chi connectivity index (χ1) is 14.3. The van der Waals surface area contributed by atoms with Gasteiger partial charge in [-0.3, -0.25) is 4.79 Å². The van der Waals surface area contributed by atoms with E-state index in [1.165, 1.54) is 53.7 Å². The van der Waals surface area contributed by atoms with Gasteiger partial charge in [-0.2, -0.15) is 18.3 Å². The highest BCUT2D eigenvalue weighted by atomic mass is 19.4. The minimum Gasteiger partial charge on any atom is -0.451 e. The molecule has 4 aromatic rings. The molecule has 0 saturated carbocycles. The van der Waals surface area contributed by atoms with Crippen LogP contribution in [-0.4, -0.2) is 20.7 Å². The Morgan fingerprint density at radius 2 is 1.90 bits per heavy atom. The second-order valence-corrected chi connectivity index (χ2v) is 6.20. The largest absolute Gasteiger partial charge is 0.451 e. The highest BCUT2D eigenvalue weighted by Crippen LogP contribution is 2.32. The highest BCUT2D eigenvalue weighted by molar-refractivity contribution is 6.02. The Hall–Kier alpha value is -3.95. The topological polar surface area (TPSA) is 73.0 Å². The van der Waals surface area contributed by atoms with Gasteiger partial charge in [0.1, 0.15) is 24.1 Å². The molecule has 0 atom stereocenters. The van der Waals surface area contributed by atoms with Gasteiger partial charge < -0.3 is 9.73 Å². The van der Waals surface area contributed by atoms with Crippen LogP contribution in [-0.2, 0) is 6.18 Å². The zero-order valence-electron chi connectivity index (χ0n) is 15.0. The maximum atomic E-state index is 14.3. The molecule has 6 nitrogen and oxygen atoms in total. The summed E-state index contributed by atoms with van der Waals surface area (Å²) < 4.78 is 59.5. The van der Waals surface area contributed by atoms with Crippen molar-refractivity contribution in [1.29, 1.82) is 0 Å². The van der Waals surface area contributed by atoms with Gasteiger partial charge >= 0.3 is 6.18 Å². The normalized spacial score (nSPS) is 11.5. The Balaban J connectivity index is 1.52. The average Bonchev–Trinajstić information content (AvgIpc) is 3.40. The molecule has 0 aliphatic heterocycles. The first-order valence-corrected chi connectivity index (χ1v) is 8.54. The fraction of sp³-hybridized carbons (Fsp3) is 0.0500. The van der Waals surface area contributed by atoms with Gasteiger partial charge in [-0.15, -0.1) is 0 Å². The summed E-state index contributed by atoms with van der Waals surface area (Å²) >= 11 is 0. The van der Waals surface area contributed by atoms with E-state index in [0.29, 0.717) is 0 Å². The van der Waals surface area contributed by atoms with E-state index in [4.69, 9.17) is 4.42 Å². The Morgan fingerprint density at radius 1 is 1.07 bits per heavy atom. The standard InChI is InChI=1S/C20H12F4N4O2/c21-15-9-14(4-5-16(15)28-11-25-10-26-28)27-19(29)18-7-6-17(30-18)12-2-1-3-13(8-12)20(22,23)24/h1-11H,(H,27,29). The van der Waals surface area contributed by atoms with E-state index in [9.17, 15) is 22.4 Å². The minimum atomic E-state index is -4.49. The lowest BCUT2D eigenvalue weighted by molar-refractivity contribution is -0.137. The SMILES string of the molecule is O=C(Nc1ccc(-n2cncn2)c(F)c1)c1ccc(-c2cccc(C(F)(F)F)c2)o1. The van der Waals surface area contributed by atoms with E-state index in [0.717, 1.165) is 18.2 Å². The van der Waals surface area contributed by atoms with Crippen LogP contribution in [0.4, 0.5) is 23.2 Å². The van der Waals surface area contributed by atoms with Gasteiger partial charge in [-0.25, -0.2) is 14.1 Å². The Morgan fingerprint density at radius 3 is 2.60 bits per heavy atom. The number of nitrogens with one attached hydrogen (secondary N) is 1. The van der Waals surface area contributed by atoms with E-state index in [1.54, 1.807) is 0 Å². The van der Waals surface area contributed by atoms with E-state index in [2.05, 4.69) is 15.4 Å². The molecule has 0 fully saturated rings. The minimum absolute atomic E-state index is 0.0963. The van der Waals surface area contributed by atoms with E-state index < -0.39 is 23.5 Å². The number of hydrogen-bond acceptors (Lipinski definition) is 4. The maximum Gasteiger partial charge on any atom is 0.416 e. The quantitative estimate of drug-likeness (QED) is 0.479. The van der Waals surface area contributed by atoms with Gasteiger partial charge in [0, 0.05) is 11.3 Å². The summed E-state index contributed by atoms with van der Waals surface area (Å²) in [6.45, 7) is 0. The summed E-state index contributed by atoms with van der Waals surface area (Å²) in [5.74, 6) is -1.36. The van der Waals surface area contributed by atoms with Crippen molar-refractivity contribution in [3.8, 4) is 17.0 Å². The molecule has 0 radical (unpaired) electrons. The molecule has 0 spiro atoms. The van der Waals surface area contributed by atoms with Crippen LogP contribution in [0.15, 0.2) is 71.7 Å². The van der Waals surface area contributed by atoms with Crippen LogP contribution in [0.1, 0.15) is 16.1 Å². The molecule has 2 aromatic carbocycles. The third-order valence-corrected chi connectivity index (χ3v) is 4.18. The third kappa shape index (κ3) is 3.93. The first kappa shape index (κ1) is 19.4. The Labute approximate surface area is 166 Å². The fourth-order valence-corrected chi connectivity index (χ4v) is 2.76. The Bertz CT molecular complexity index is 1200. The second kappa shape index (κ2) is 7.47. The lowest BCUT2D eigenvalue weighted by Gasteiger charge is -2.08. The van der Waals surface area contributed by atoms with Crippen molar-refractivity contribution in [3.63, 3.8) is 0 Å². The zero-order chi connectivity index (χ0) is 21.3. The summed E-state index contributed by atoms with van der Waals surface area (Å²) in [6, 6.07) is 11.3. The number of nitrogens with zero attached hydrogens (tertiary/aromatic N) is 3. The van der Waals surface area contributed by atoms with Crippen molar-refractivity contribution >= 4 is 11.6 Å². The molecule has 30 heavy (non-hydrogen) atoms. The molecule has 0 bridgehead atoms. The summed E-state index contributed by atoms with van der Waals surface area (Å²) in [6.07, 6.45) is -1.91. The summed E-state index contributed by atoms with van der Waals surface area (Å²) in [7, 11) is 0. The van der Waals surface area contributed by atoms with Gasteiger partial charge in [-0.05, 0) is 42.5 Å².